The van der Waals surface area contributed by atoms with E-state index in [1.807, 2.05) is 5.38 Å². The zero-order valence-corrected chi connectivity index (χ0v) is 19.5. The summed E-state index contributed by atoms with van der Waals surface area (Å²) < 4.78 is 2.33. The van der Waals surface area contributed by atoms with E-state index in [-0.39, 0.29) is 0 Å². The van der Waals surface area contributed by atoms with E-state index in [4.69, 9.17) is 4.98 Å². The lowest BCUT2D eigenvalue weighted by atomic mass is 10.1. The van der Waals surface area contributed by atoms with Crippen molar-refractivity contribution in [3.63, 3.8) is 0 Å². The first kappa shape index (κ1) is 21.0. The molecule has 5 aromatic rings. The normalized spacial score (nSPS) is 11.7. The number of thiazole rings is 1. The quantitative estimate of drug-likeness (QED) is 0.274. The number of nitrogens with one attached hydrogen (secondary N) is 1. The van der Waals surface area contributed by atoms with Crippen LogP contribution in [-0.4, -0.2) is 9.55 Å². The van der Waals surface area contributed by atoms with E-state index in [2.05, 4.69) is 96.5 Å². The van der Waals surface area contributed by atoms with Gasteiger partial charge in [0.25, 0.3) is 0 Å². The molecule has 0 fully saturated rings. The molecule has 33 heavy (non-hydrogen) atoms. The Bertz CT molecular complexity index is 1510. The predicted octanol–water partition coefficient (Wildman–Crippen LogP) is 7.48. The van der Waals surface area contributed by atoms with Gasteiger partial charge in [-0.05, 0) is 43.2 Å². The average molecular weight is 449 g/mol. The van der Waals surface area contributed by atoms with E-state index in [0.717, 1.165) is 29.9 Å². The van der Waals surface area contributed by atoms with Gasteiger partial charge in [-0.25, -0.2) is 4.98 Å². The number of nitriles is 1. The maximum Gasteiger partial charge on any atom is 0.136 e. The highest BCUT2D eigenvalue weighted by Crippen LogP contribution is 2.31. The van der Waals surface area contributed by atoms with Crippen molar-refractivity contribution < 1.29 is 0 Å². The van der Waals surface area contributed by atoms with Gasteiger partial charge in [0.2, 0.25) is 0 Å². The Kier molecular flexibility index (Phi) is 5.68. The van der Waals surface area contributed by atoms with Crippen molar-refractivity contribution in [3.05, 3.63) is 88.9 Å². The molecule has 0 aliphatic heterocycles. The highest BCUT2D eigenvalue weighted by molar-refractivity contribution is 7.11. The van der Waals surface area contributed by atoms with Gasteiger partial charge < -0.3 is 9.88 Å². The number of nitrogens with zero attached hydrogens (tertiary/aromatic N) is 3. The molecule has 0 aliphatic carbocycles. The second kappa shape index (κ2) is 8.93. The minimum Gasteiger partial charge on any atom is -0.360 e. The van der Waals surface area contributed by atoms with Crippen molar-refractivity contribution >= 4 is 44.4 Å². The van der Waals surface area contributed by atoms with Crippen LogP contribution >= 0.6 is 11.3 Å². The van der Waals surface area contributed by atoms with Gasteiger partial charge in [-0.1, -0.05) is 49.4 Å². The maximum atomic E-state index is 9.76. The number of para-hydroxylation sites is 1. The molecule has 0 radical (unpaired) electrons. The highest BCUT2D eigenvalue weighted by atomic mass is 32.1. The molecular weight excluding hydrogens is 424 g/mol. The fraction of sp³-hybridized carbons (Fsp3) is 0.143. The van der Waals surface area contributed by atoms with Gasteiger partial charge in [0, 0.05) is 51.2 Å². The summed E-state index contributed by atoms with van der Waals surface area (Å²) in [5.74, 6) is 0. The van der Waals surface area contributed by atoms with E-state index >= 15 is 0 Å². The molecule has 0 saturated carbocycles. The van der Waals surface area contributed by atoms with Crippen LogP contribution in [0.4, 0.5) is 5.69 Å². The largest absolute Gasteiger partial charge is 0.360 e. The van der Waals surface area contributed by atoms with Gasteiger partial charge in [0.1, 0.15) is 16.6 Å². The summed E-state index contributed by atoms with van der Waals surface area (Å²) in [6.07, 6.45) is 2.77. The molecule has 1 N–H and O–H groups in total. The van der Waals surface area contributed by atoms with Crippen LogP contribution in [0.2, 0.25) is 0 Å². The first-order valence-corrected chi connectivity index (χ1v) is 12.0. The van der Waals surface area contributed by atoms with Gasteiger partial charge >= 0.3 is 0 Å². The lowest BCUT2D eigenvalue weighted by Crippen LogP contribution is -1.94. The first-order chi connectivity index (χ1) is 16.2. The Hall–Kier alpha value is -3.88. The number of rotatable bonds is 6. The van der Waals surface area contributed by atoms with Crippen molar-refractivity contribution in [3.8, 4) is 17.3 Å². The lowest BCUT2D eigenvalue weighted by Gasteiger charge is -2.05. The number of aryl methyl sites for hydroxylation is 2. The van der Waals surface area contributed by atoms with E-state index in [9.17, 15) is 5.26 Å². The number of hydrogen-bond donors (Lipinski definition) is 1. The van der Waals surface area contributed by atoms with Crippen LogP contribution in [0, 0.1) is 11.3 Å². The van der Waals surface area contributed by atoms with E-state index in [1.165, 1.54) is 38.7 Å². The molecule has 0 bridgehead atoms. The fourth-order valence-corrected chi connectivity index (χ4v) is 5.02. The molecule has 0 saturated heterocycles. The summed E-state index contributed by atoms with van der Waals surface area (Å²) in [7, 11) is 0. The van der Waals surface area contributed by atoms with Crippen LogP contribution in [-0.2, 0) is 13.0 Å². The molecule has 5 heteroatoms. The Labute approximate surface area is 197 Å². The third kappa shape index (κ3) is 3.90. The molecule has 4 nitrogen and oxygen atoms in total. The van der Waals surface area contributed by atoms with Crippen molar-refractivity contribution in [1.29, 1.82) is 5.26 Å². The van der Waals surface area contributed by atoms with Crippen molar-refractivity contribution in [1.82, 2.24) is 9.55 Å². The third-order valence-electron chi connectivity index (χ3n) is 5.98. The Morgan fingerprint density at radius 2 is 1.82 bits per heavy atom. The fourth-order valence-electron chi connectivity index (χ4n) is 4.22. The molecule has 2 heterocycles. The summed E-state index contributed by atoms with van der Waals surface area (Å²) in [6, 6.07) is 25.6. The predicted molar refractivity (Wildman–Crippen MR) is 139 cm³/mol. The molecule has 3 aromatic carbocycles. The molecule has 2 aromatic heterocycles. The summed E-state index contributed by atoms with van der Waals surface area (Å²) >= 11 is 1.49. The van der Waals surface area contributed by atoms with Crippen molar-refractivity contribution in [2.24, 2.45) is 0 Å². The van der Waals surface area contributed by atoms with Gasteiger partial charge in [-0.2, -0.15) is 5.26 Å². The Morgan fingerprint density at radius 3 is 2.58 bits per heavy atom. The topological polar surface area (TPSA) is 53.6 Å². The zero-order valence-electron chi connectivity index (χ0n) is 18.7. The highest BCUT2D eigenvalue weighted by Gasteiger charge is 2.11. The number of allylic oxidation sites excluding steroid dienone is 1. The standard InChI is InChI=1S/C28H24N4S/c1-3-19-9-11-20(12-10-19)25-18-33-28(31-25)21(16-29)17-30-22-13-14-27-24(15-22)23-7-5-6-8-26(23)32(27)4-2/h5-15,17-18,30H,3-4H2,1-2H3. The maximum absolute atomic E-state index is 9.76. The molecule has 0 atom stereocenters. The van der Waals surface area contributed by atoms with Crippen LogP contribution < -0.4 is 5.32 Å². The second-order valence-corrected chi connectivity index (χ2v) is 8.75. The van der Waals surface area contributed by atoms with Crippen molar-refractivity contribution in [2.75, 3.05) is 5.32 Å². The minimum atomic E-state index is 0.521. The Balaban J connectivity index is 1.44. The molecule has 162 valence electrons. The van der Waals surface area contributed by atoms with Gasteiger partial charge in [-0.3, -0.25) is 0 Å². The van der Waals surface area contributed by atoms with Crippen LogP contribution in [0.15, 0.2) is 78.3 Å². The zero-order chi connectivity index (χ0) is 22.8. The SMILES string of the molecule is CCc1ccc(-c2csc(C(C#N)=CNc3ccc4c(c3)c3ccccc3n4CC)n2)cc1. The molecule has 0 aliphatic rings. The molecule has 0 amide bonds. The minimum absolute atomic E-state index is 0.521. The molecule has 5 rings (SSSR count). The molecule has 0 spiro atoms. The van der Waals surface area contributed by atoms with E-state index in [1.54, 1.807) is 6.20 Å². The van der Waals surface area contributed by atoms with E-state index < -0.39 is 0 Å². The number of anilines is 1. The number of aromatic nitrogens is 2. The van der Waals surface area contributed by atoms with Crippen LogP contribution in [0.1, 0.15) is 24.4 Å². The van der Waals surface area contributed by atoms with Gasteiger partial charge in [0.15, 0.2) is 0 Å². The van der Waals surface area contributed by atoms with Crippen LogP contribution in [0.25, 0.3) is 38.6 Å². The number of fused-ring (bicyclic) bond motifs is 3. The average Bonchev–Trinajstić information content (AvgIpc) is 3.47. The third-order valence-corrected chi connectivity index (χ3v) is 6.86. The summed E-state index contributed by atoms with van der Waals surface area (Å²) in [4.78, 5) is 4.71. The number of hydrogen-bond acceptors (Lipinski definition) is 4. The summed E-state index contributed by atoms with van der Waals surface area (Å²) in [6.45, 7) is 5.23. The molecule has 0 unspecified atom stereocenters. The first-order valence-electron chi connectivity index (χ1n) is 11.1. The molecular formula is C28H24N4S. The second-order valence-electron chi connectivity index (χ2n) is 7.90. The summed E-state index contributed by atoms with van der Waals surface area (Å²) in [5.41, 5.74) is 7.18. The van der Waals surface area contributed by atoms with E-state index in [0.29, 0.717) is 10.6 Å². The summed E-state index contributed by atoms with van der Waals surface area (Å²) in [5, 5.41) is 18.2. The van der Waals surface area contributed by atoms with Gasteiger partial charge in [0.05, 0.1) is 5.69 Å². The Morgan fingerprint density at radius 1 is 1.03 bits per heavy atom. The lowest BCUT2D eigenvalue weighted by molar-refractivity contribution is 0.827. The van der Waals surface area contributed by atoms with Crippen LogP contribution in [0.3, 0.4) is 0 Å². The van der Waals surface area contributed by atoms with Crippen molar-refractivity contribution in [2.45, 2.75) is 26.8 Å². The van der Waals surface area contributed by atoms with Gasteiger partial charge in [-0.15, -0.1) is 11.3 Å². The monoisotopic (exact) mass is 448 g/mol. The van der Waals surface area contributed by atoms with Crippen LogP contribution in [0.5, 0.6) is 0 Å². The number of benzene rings is 3. The smallest absolute Gasteiger partial charge is 0.136 e.